The molecule has 0 amide bonds. The van der Waals surface area contributed by atoms with Gasteiger partial charge in [-0.25, -0.2) is 9.56 Å². The fraction of sp³-hybridized carbons (Fsp3) is 0.478. The van der Waals surface area contributed by atoms with Crippen LogP contribution in [0.15, 0.2) is 30.3 Å². The number of rotatable bonds is 1. The molecule has 5 rings (SSSR count). The molecular formula is C23H27F3N5S+. The van der Waals surface area contributed by atoms with Crippen LogP contribution in [0, 0.1) is 0 Å². The minimum Gasteiger partial charge on any atom is -0.370 e. The first kappa shape index (κ1) is 21.6. The highest BCUT2D eigenvalue weighted by Gasteiger charge is 2.35. The Hall–Kier alpha value is -2.23. The molecule has 3 aliphatic heterocycles. The Morgan fingerprint density at radius 3 is 2.66 bits per heavy atom. The fourth-order valence-electron chi connectivity index (χ4n) is 4.51. The van der Waals surface area contributed by atoms with Crippen molar-refractivity contribution < 1.29 is 13.2 Å². The smallest absolute Gasteiger partial charge is 0.370 e. The van der Waals surface area contributed by atoms with Gasteiger partial charge in [0.1, 0.15) is 6.54 Å². The van der Waals surface area contributed by atoms with Crippen molar-refractivity contribution in [2.75, 3.05) is 57.3 Å². The van der Waals surface area contributed by atoms with Crippen LogP contribution in [-0.2, 0) is 6.18 Å². The number of halogens is 3. The number of hydrogen-bond donors (Lipinski definition) is 2. The summed E-state index contributed by atoms with van der Waals surface area (Å²) in [6.07, 6.45) is -2.47. The Kier molecular flexibility index (Phi) is 6.05. The van der Waals surface area contributed by atoms with Crippen LogP contribution in [0.3, 0.4) is 0 Å². The third-order valence-electron chi connectivity index (χ3n) is 6.17. The lowest BCUT2D eigenvalue weighted by atomic mass is 10.1. The van der Waals surface area contributed by atoms with E-state index >= 15 is 0 Å². The van der Waals surface area contributed by atoms with Gasteiger partial charge in [-0.05, 0) is 31.2 Å². The fourth-order valence-corrected chi connectivity index (χ4v) is 5.57. The van der Waals surface area contributed by atoms with E-state index < -0.39 is 11.7 Å². The number of aromatic nitrogens is 1. The van der Waals surface area contributed by atoms with E-state index in [2.05, 4.69) is 26.3 Å². The summed E-state index contributed by atoms with van der Waals surface area (Å²) in [7, 11) is 0. The number of alkyl halides is 3. The molecule has 9 heteroatoms. The summed E-state index contributed by atoms with van der Waals surface area (Å²) in [6, 6.07) is 9.07. The molecule has 170 valence electrons. The number of nitrogens with zero attached hydrogens (tertiary/aromatic N) is 3. The largest absolute Gasteiger partial charge is 0.418 e. The van der Waals surface area contributed by atoms with E-state index in [1.165, 1.54) is 17.4 Å². The van der Waals surface area contributed by atoms with Crippen molar-refractivity contribution in [2.24, 2.45) is 0 Å². The van der Waals surface area contributed by atoms with Crippen LogP contribution in [0.4, 0.5) is 18.9 Å². The van der Waals surface area contributed by atoms with Crippen LogP contribution in [0.2, 0.25) is 0 Å². The van der Waals surface area contributed by atoms with E-state index in [0.717, 1.165) is 68.9 Å². The predicted molar refractivity (Wildman–Crippen MR) is 123 cm³/mol. The van der Waals surface area contributed by atoms with Gasteiger partial charge in [-0.1, -0.05) is 0 Å². The molecular weight excluding hydrogens is 435 g/mol. The second-order valence-electron chi connectivity index (χ2n) is 8.38. The third-order valence-corrected chi connectivity index (χ3v) is 7.25. The number of benzene rings is 2. The zero-order valence-corrected chi connectivity index (χ0v) is 18.7. The Bertz CT molecular complexity index is 1140. The molecule has 1 aliphatic carbocycles. The Balaban J connectivity index is 1.67. The van der Waals surface area contributed by atoms with Gasteiger partial charge >= 0.3 is 6.18 Å². The molecule has 1 aromatic carbocycles. The van der Waals surface area contributed by atoms with E-state index in [0.29, 0.717) is 22.6 Å². The van der Waals surface area contributed by atoms with Crippen molar-refractivity contribution in [3.63, 3.8) is 0 Å². The average Bonchev–Trinajstić information content (AvgIpc) is 3.21. The van der Waals surface area contributed by atoms with Crippen LogP contribution < -0.4 is 25.5 Å². The zero-order valence-electron chi connectivity index (χ0n) is 17.8. The summed E-state index contributed by atoms with van der Waals surface area (Å²) in [4.78, 5) is 7.44. The van der Waals surface area contributed by atoms with Gasteiger partial charge in [-0.3, -0.25) is 0 Å². The van der Waals surface area contributed by atoms with Crippen molar-refractivity contribution in [1.82, 2.24) is 20.2 Å². The predicted octanol–water partition coefficient (Wildman–Crippen LogP) is 2.99. The molecule has 0 spiro atoms. The van der Waals surface area contributed by atoms with E-state index in [1.54, 1.807) is 0 Å². The van der Waals surface area contributed by atoms with Crippen LogP contribution in [0.25, 0.3) is 20.8 Å². The van der Waals surface area contributed by atoms with Crippen molar-refractivity contribution in [3.8, 4) is 10.6 Å². The van der Waals surface area contributed by atoms with Crippen LogP contribution in [-0.4, -0.2) is 57.3 Å². The van der Waals surface area contributed by atoms with Crippen molar-refractivity contribution in [2.45, 2.75) is 19.0 Å². The Labute approximate surface area is 188 Å². The molecule has 3 heterocycles. The van der Waals surface area contributed by atoms with E-state index in [-0.39, 0.29) is 5.52 Å². The standard InChI is InChI=1S/C23H27F3N5S/c24-23(25,26)18-13-17(31-10-2-6-28-8-12-31)15-21-22(18)29-19-4-3-16(14-20(19)32-21)30-9-1-5-27-7-11-30/h3-4,13-15,27-28H,1-2,5-12H2/q+1. The van der Waals surface area contributed by atoms with Gasteiger partial charge in [-0.2, -0.15) is 13.2 Å². The highest BCUT2D eigenvalue weighted by atomic mass is 32.1. The Morgan fingerprint density at radius 2 is 1.78 bits per heavy atom. The summed E-state index contributed by atoms with van der Waals surface area (Å²) in [6.45, 7) is 6.93. The van der Waals surface area contributed by atoms with Crippen molar-refractivity contribution in [1.29, 1.82) is 0 Å². The zero-order chi connectivity index (χ0) is 22.1. The molecule has 0 unspecified atom stereocenters. The summed E-state index contributed by atoms with van der Waals surface area (Å²) in [5, 5.41) is 7.82. The van der Waals surface area contributed by atoms with Crippen molar-refractivity contribution >= 4 is 27.2 Å². The average molecular weight is 463 g/mol. The van der Waals surface area contributed by atoms with E-state index in [4.69, 9.17) is 0 Å². The van der Waals surface area contributed by atoms with Crippen LogP contribution >= 0.6 is 11.3 Å². The molecule has 32 heavy (non-hydrogen) atoms. The maximum absolute atomic E-state index is 14.0. The molecule has 0 radical (unpaired) electrons. The molecule has 5 nitrogen and oxygen atoms in total. The lowest BCUT2D eigenvalue weighted by Gasteiger charge is -2.24. The number of hydrogen-bond acceptors (Lipinski definition) is 5. The summed E-state index contributed by atoms with van der Waals surface area (Å²) < 4.78 is 44.9. The summed E-state index contributed by atoms with van der Waals surface area (Å²) in [5.74, 6) is 0. The maximum Gasteiger partial charge on any atom is 0.418 e. The maximum atomic E-state index is 14.0. The van der Waals surface area contributed by atoms with Crippen LogP contribution in [0.5, 0.6) is 0 Å². The van der Waals surface area contributed by atoms with Crippen LogP contribution in [0.1, 0.15) is 18.4 Å². The normalized spacial score (nSPS) is 20.4. The van der Waals surface area contributed by atoms with Gasteiger partial charge in [-0.15, -0.1) is 11.3 Å². The molecule has 2 N–H and O–H groups in total. The first-order valence-electron chi connectivity index (χ1n) is 11.2. The molecule has 0 atom stereocenters. The highest BCUT2D eigenvalue weighted by Crippen LogP contribution is 2.40. The summed E-state index contributed by atoms with van der Waals surface area (Å²) in [5.41, 5.74) is 0.624. The van der Waals surface area contributed by atoms with E-state index in [9.17, 15) is 13.2 Å². The third kappa shape index (κ3) is 4.46. The van der Waals surface area contributed by atoms with Gasteiger partial charge in [0.2, 0.25) is 5.36 Å². The monoisotopic (exact) mass is 462 g/mol. The number of nitrogens with one attached hydrogen (secondary N) is 2. The summed E-state index contributed by atoms with van der Waals surface area (Å²) >= 11 is 1.40. The quantitative estimate of drug-likeness (QED) is 0.431. The molecule has 2 fully saturated rings. The first-order valence-corrected chi connectivity index (χ1v) is 12.0. The topological polar surface area (TPSA) is 43.2 Å². The minimum absolute atomic E-state index is 0.0402. The Morgan fingerprint density at radius 1 is 0.938 bits per heavy atom. The highest BCUT2D eigenvalue weighted by molar-refractivity contribution is 7.21. The minimum atomic E-state index is -4.45. The number of fused-ring (bicyclic) bond motifs is 2. The molecule has 1 aromatic rings. The second-order valence-corrected chi connectivity index (χ2v) is 9.47. The lowest BCUT2D eigenvalue weighted by molar-refractivity contribution is -0.136. The second kappa shape index (κ2) is 8.96. The van der Waals surface area contributed by atoms with Gasteiger partial charge in [0.05, 0.1) is 32.9 Å². The van der Waals surface area contributed by atoms with Gasteiger partial charge in [0, 0.05) is 50.4 Å². The molecule has 0 aromatic heterocycles. The van der Waals surface area contributed by atoms with Crippen molar-refractivity contribution in [3.05, 3.63) is 41.3 Å². The molecule has 0 bridgehead atoms. The van der Waals surface area contributed by atoms with Gasteiger partial charge in [0.25, 0.3) is 0 Å². The molecule has 0 saturated carbocycles. The number of anilines is 1. The van der Waals surface area contributed by atoms with E-state index in [1.807, 2.05) is 23.1 Å². The SMILES string of the molecule is FC(F)(F)c1cc(N2CCCNCC2)cc2sc3cc(=[N+]4CCCNCC4)ccc-3nc12. The van der Waals surface area contributed by atoms with Gasteiger partial charge in [0.15, 0.2) is 6.54 Å². The first-order chi connectivity index (χ1) is 15.5. The lowest BCUT2D eigenvalue weighted by Crippen LogP contribution is -2.33. The molecule has 2 saturated heterocycles. The van der Waals surface area contributed by atoms with Gasteiger partial charge < -0.3 is 15.5 Å². The molecule has 4 aliphatic rings.